The van der Waals surface area contributed by atoms with Gasteiger partial charge in [-0.25, -0.2) is 4.79 Å². The third-order valence-corrected chi connectivity index (χ3v) is 2.42. The Labute approximate surface area is 110 Å². The number of amides is 2. The van der Waals surface area contributed by atoms with Gasteiger partial charge in [-0.1, -0.05) is 18.2 Å². The van der Waals surface area contributed by atoms with Gasteiger partial charge in [-0.2, -0.15) is 0 Å². The molecule has 0 aliphatic carbocycles. The monoisotopic (exact) mass is 264 g/mol. The minimum absolute atomic E-state index is 0.0676. The molecule has 0 fully saturated rings. The molecule has 0 heterocycles. The second kappa shape index (κ2) is 7.15. The molecular formula is C13H16N2O4. The van der Waals surface area contributed by atoms with Gasteiger partial charge < -0.3 is 15.7 Å². The average molecular weight is 264 g/mol. The van der Waals surface area contributed by atoms with E-state index in [1.54, 1.807) is 25.1 Å². The fraction of sp³-hybridized carbons (Fsp3) is 0.308. The summed E-state index contributed by atoms with van der Waals surface area (Å²) in [7, 11) is 0. The van der Waals surface area contributed by atoms with Crippen molar-refractivity contribution in [2.75, 3.05) is 13.1 Å². The average Bonchev–Trinajstić information content (AvgIpc) is 2.37. The zero-order valence-electron chi connectivity index (χ0n) is 10.6. The molecule has 0 saturated carbocycles. The van der Waals surface area contributed by atoms with Crippen LogP contribution in [-0.4, -0.2) is 36.0 Å². The van der Waals surface area contributed by atoms with Crippen molar-refractivity contribution in [2.24, 2.45) is 0 Å². The van der Waals surface area contributed by atoms with Crippen LogP contribution < -0.4 is 10.6 Å². The molecular weight excluding hydrogens is 248 g/mol. The van der Waals surface area contributed by atoms with Gasteiger partial charge in [-0.05, 0) is 18.6 Å². The first-order valence-electron chi connectivity index (χ1n) is 5.89. The molecule has 6 heteroatoms. The standard InChI is InChI=1S/C13H16N2O4/c1-2-14-12(17)8-15-11(16)7-9-5-3-4-6-10(9)13(18)19/h3-6H,2,7-8H2,1H3,(H,14,17)(H,15,16)(H,18,19). The summed E-state index contributed by atoms with van der Waals surface area (Å²) in [5, 5.41) is 14.0. The number of carbonyl (C=O) groups excluding carboxylic acids is 2. The number of carboxylic acid groups (broad SMARTS) is 1. The molecule has 6 nitrogen and oxygen atoms in total. The summed E-state index contributed by atoms with van der Waals surface area (Å²) in [5.41, 5.74) is 0.513. The Kier molecular flexibility index (Phi) is 5.53. The largest absolute Gasteiger partial charge is 0.478 e. The van der Waals surface area contributed by atoms with E-state index in [9.17, 15) is 14.4 Å². The van der Waals surface area contributed by atoms with E-state index in [1.807, 2.05) is 0 Å². The fourth-order valence-electron chi connectivity index (χ4n) is 1.56. The topological polar surface area (TPSA) is 95.5 Å². The van der Waals surface area contributed by atoms with Gasteiger partial charge in [-0.3, -0.25) is 9.59 Å². The van der Waals surface area contributed by atoms with Crippen LogP contribution in [0.15, 0.2) is 24.3 Å². The predicted molar refractivity (Wildman–Crippen MR) is 68.8 cm³/mol. The second-order valence-electron chi connectivity index (χ2n) is 3.87. The van der Waals surface area contributed by atoms with E-state index in [4.69, 9.17) is 5.11 Å². The maximum absolute atomic E-state index is 11.6. The van der Waals surface area contributed by atoms with E-state index in [0.717, 1.165) is 0 Å². The first-order valence-corrected chi connectivity index (χ1v) is 5.89. The molecule has 19 heavy (non-hydrogen) atoms. The highest BCUT2D eigenvalue weighted by Gasteiger charge is 2.12. The van der Waals surface area contributed by atoms with E-state index in [-0.39, 0.29) is 30.3 Å². The van der Waals surface area contributed by atoms with Crippen LogP contribution in [0, 0.1) is 0 Å². The normalized spacial score (nSPS) is 9.74. The molecule has 0 atom stereocenters. The Bertz CT molecular complexity index is 485. The quantitative estimate of drug-likeness (QED) is 0.683. The van der Waals surface area contributed by atoms with Crippen LogP contribution in [0.4, 0.5) is 0 Å². The highest BCUT2D eigenvalue weighted by molar-refractivity contribution is 5.92. The van der Waals surface area contributed by atoms with Crippen LogP contribution in [0.5, 0.6) is 0 Å². The van der Waals surface area contributed by atoms with E-state index >= 15 is 0 Å². The third kappa shape index (κ3) is 4.79. The molecule has 0 aromatic heterocycles. The first kappa shape index (κ1) is 14.7. The lowest BCUT2D eigenvalue weighted by atomic mass is 10.0. The molecule has 0 radical (unpaired) electrons. The van der Waals surface area contributed by atoms with Crippen molar-refractivity contribution in [1.82, 2.24) is 10.6 Å². The number of carbonyl (C=O) groups is 3. The highest BCUT2D eigenvalue weighted by atomic mass is 16.4. The van der Waals surface area contributed by atoms with Crippen LogP contribution in [-0.2, 0) is 16.0 Å². The van der Waals surface area contributed by atoms with Gasteiger partial charge in [0, 0.05) is 6.54 Å². The summed E-state index contributed by atoms with van der Waals surface area (Å²) in [6.07, 6.45) is -0.0676. The lowest BCUT2D eigenvalue weighted by Gasteiger charge is -2.07. The Balaban J connectivity index is 2.58. The van der Waals surface area contributed by atoms with Gasteiger partial charge in [0.2, 0.25) is 11.8 Å². The molecule has 0 saturated heterocycles. The molecule has 1 aromatic carbocycles. The number of rotatable bonds is 6. The van der Waals surface area contributed by atoms with Crippen LogP contribution >= 0.6 is 0 Å². The summed E-state index contributed by atoms with van der Waals surface area (Å²) < 4.78 is 0. The zero-order valence-corrected chi connectivity index (χ0v) is 10.6. The molecule has 0 unspecified atom stereocenters. The van der Waals surface area contributed by atoms with E-state index in [2.05, 4.69) is 10.6 Å². The summed E-state index contributed by atoms with van der Waals surface area (Å²) in [6.45, 7) is 2.17. The first-order chi connectivity index (χ1) is 9.04. The van der Waals surface area contributed by atoms with Gasteiger partial charge >= 0.3 is 5.97 Å². The maximum Gasteiger partial charge on any atom is 0.335 e. The van der Waals surface area contributed by atoms with E-state index in [1.165, 1.54) is 6.07 Å². The summed E-state index contributed by atoms with van der Waals surface area (Å²) in [5.74, 6) is -1.74. The van der Waals surface area contributed by atoms with Crippen LogP contribution in [0.1, 0.15) is 22.8 Å². The van der Waals surface area contributed by atoms with Gasteiger partial charge in [0.15, 0.2) is 0 Å². The van der Waals surface area contributed by atoms with E-state index in [0.29, 0.717) is 12.1 Å². The lowest BCUT2D eigenvalue weighted by Crippen LogP contribution is -2.37. The molecule has 102 valence electrons. The van der Waals surface area contributed by atoms with Crippen molar-refractivity contribution in [1.29, 1.82) is 0 Å². The van der Waals surface area contributed by atoms with Crippen molar-refractivity contribution < 1.29 is 19.5 Å². The Morgan fingerprint density at radius 3 is 2.42 bits per heavy atom. The minimum Gasteiger partial charge on any atom is -0.478 e. The van der Waals surface area contributed by atoms with Gasteiger partial charge in [0.1, 0.15) is 0 Å². The summed E-state index contributed by atoms with van der Waals surface area (Å²) >= 11 is 0. The predicted octanol–water partition coefficient (Wildman–Crippen LogP) is 0.180. The van der Waals surface area contributed by atoms with Crippen LogP contribution in [0.2, 0.25) is 0 Å². The Hall–Kier alpha value is -2.37. The smallest absolute Gasteiger partial charge is 0.335 e. The maximum atomic E-state index is 11.6. The Morgan fingerprint density at radius 1 is 1.11 bits per heavy atom. The van der Waals surface area contributed by atoms with Gasteiger partial charge in [-0.15, -0.1) is 0 Å². The summed E-state index contributed by atoms with van der Waals surface area (Å²) in [4.78, 5) is 33.7. The van der Waals surface area contributed by atoms with Crippen molar-refractivity contribution in [3.8, 4) is 0 Å². The lowest BCUT2D eigenvalue weighted by molar-refractivity contribution is -0.125. The molecule has 1 aromatic rings. The number of nitrogens with one attached hydrogen (secondary N) is 2. The Morgan fingerprint density at radius 2 is 1.79 bits per heavy atom. The van der Waals surface area contributed by atoms with Crippen LogP contribution in [0.3, 0.4) is 0 Å². The third-order valence-electron chi connectivity index (χ3n) is 2.42. The second-order valence-corrected chi connectivity index (χ2v) is 3.87. The molecule has 0 spiro atoms. The number of carboxylic acids is 1. The van der Waals surface area contributed by atoms with Crippen molar-refractivity contribution in [2.45, 2.75) is 13.3 Å². The number of hydrogen-bond donors (Lipinski definition) is 3. The van der Waals surface area contributed by atoms with Crippen molar-refractivity contribution >= 4 is 17.8 Å². The molecule has 0 aliphatic rings. The minimum atomic E-state index is -1.08. The van der Waals surface area contributed by atoms with Crippen molar-refractivity contribution in [3.63, 3.8) is 0 Å². The molecule has 2 amide bonds. The molecule has 0 aliphatic heterocycles. The number of hydrogen-bond acceptors (Lipinski definition) is 3. The number of benzene rings is 1. The van der Waals surface area contributed by atoms with Crippen LogP contribution in [0.25, 0.3) is 0 Å². The fourth-order valence-corrected chi connectivity index (χ4v) is 1.56. The van der Waals surface area contributed by atoms with Crippen molar-refractivity contribution in [3.05, 3.63) is 35.4 Å². The van der Waals surface area contributed by atoms with Gasteiger partial charge in [0.25, 0.3) is 0 Å². The zero-order chi connectivity index (χ0) is 14.3. The number of aromatic carboxylic acids is 1. The molecule has 3 N–H and O–H groups in total. The number of likely N-dealkylation sites (N-methyl/N-ethyl adjacent to an activating group) is 1. The molecule has 0 bridgehead atoms. The molecule has 1 rings (SSSR count). The highest BCUT2D eigenvalue weighted by Crippen LogP contribution is 2.09. The summed E-state index contributed by atoms with van der Waals surface area (Å²) in [6, 6.07) is 6.28. The van der Waals surface area contributed by atoms with E-state index < -0.39 is 5.97 Å². The SMILES string of the molecule is CCNC(=O)CNC(=O)Cc1ccccc1C(=O)O. The van der Waals surface area contributed by atoms with Gasteiger partial charge in [0.05, 0.1) is 18.5 Å².